The van der Waals surface area contributed by atoms with Gasteiger partial charge in [0, 0.05) is 0 Å². The molecule has 1 atom stereocenters. The minimum Gasteiger partial charge on any atom is -0.548 e. The molecule has 1 heterocycles. The van der Waals surface area contributed by atoms with Gasteiger partial charge in [-0.25, -0.2) is 4.79 Å². The number of carbonyl (C=O) groups is 5. The highest BCUT2D eigenvalue weighted by molar-refractivity contribution is 6.15. The summed E-state index contributed by atoms with van der Waals surface area (Å²) in [6.45, 7) is 2.89. The summed E-state index contributed by atoms with van der Waals surface area (Å²) >= 11 is 0. The van der Waals surface area contributed by atoms with E-state index in [1.165, 1.54) is 122 Å². The minimum absolute atomic E-state index is 0.297. The van der Waals surface area contributed by atoms with Gasteiger partial charge in [-0.3, -0.25) is 24.2 Å². The van der Waals surface area contributed by atoms with Gasteiger partial charge in [0.2, 0.25) is 11.8 Å². The summed E-state index contributed by atoms with van der Waals surface area (Å²) in [5.41, 5.74) is 0. The topological polar surface area (TPSA) is 124 Å². The number of hydrogen-bond donors (Lipinski definition) is 0. The number of hydrogen-bond acceptors (Lipinski definition) is 7. The first-order chi connectivity index (χ1) is 22.8. The third-order valence-corrected chi connectivity index (χ3v) is 9.25. The molecule has 1 saturated heterocycles. The third kappa shape index (κ3) is 21.9. The second-order valence-corrected chi connectivity index (χ2v) is 13.6. The number of imide groups is 2. The highest BCUT2D eigenvalue weighted by Gasteiger charge is 2.39. The predicted molar refractivity (Wildman–Crippen MR) is 184 cm³/mol. The smallest absolute Gasteiger partial charge is 0.334 e. The molecule has 0 aromatic rings. The first-order valence-corrected chi connectivity index (χ1v) is 19.3. The lowest BCUT2D eigenvalue weighted by molar-refractivity contribution is -0.305. The summed E-state index contributed by atoms with van der Waals surface area (Å²) < 4.78 is 5.78. The summed E-state index contributed by atoms with van der Waals surface area (Å²) in [6.07, 6.45) is 31.9. The third-order valence-electron chi connectivity index (χ3n) is 9.25. The monoisotopic (exact) mass is 663 g/mol. The van der Waals surface area contributed by atoms with E-state index in [0.717, 1.165) is 51.4 Å². The molecule has 272 valence electrons. The summed E-state index contributed by atoms with van der Waals surface area (Å²) in [5, 5.41) is 11.0. The Morgan fingerprint density at radius 3 is 1.21 bits per heavy atom. The zero-order chi connectivity index (χ0) is 34.5. The number of esters is 1. The molecule has 1 unspecified atom stereocenters. The predicted octanol–water partition coefficient (Wildman–Crippen LogP) is 8.40. The maximum Gasteiger partial charge on any atom is 0.334 e. The molecule has 9 nitrogen and oxygen atoms in total. The van der Waals surface area contributed by atoms with Crippen molar-refractivity contribution in [1.82, 2.24) is 9.80 Å². The van der Waals surface area contributed by atoms with Gasteiger partial charge < -0.3 is 14.6 Å². The Labute approximate surface area is 285 Å². The van der Waals surface area contributed by atoms with Crippen LogP contribution >= 0.6 is 0 Å². The van der Waals surface area contributed by atoms with Crippen LogP contribution in [-0.4, -0.2) is 58.8 Å². The quantitative estimate of drug-likeness (QED) is 0.0402. The fourth-order valence-electron chi connectivity index (χ4n) is 6.34. The van der Waals surface area contributed by atoms with E-state index >= 15 is 0 Å². The average Bonchev–Trinajstić information content (AvgIpc) is 3.03. The molecule has 1 fully saturated rings. The number of nitrogens with zero attached hydrogens (tertiary/aromatic N) is 2. The Kier molecular flexibility index (Phi) is 25.9. The molecule has 1 aliphatic heterocycles. The molecule has 0 bridgehead atoms. The van der Waals surface area contributed by atoms with Crippen LogP contribution < -0.4 is 5.11 Å². The van der Waals surface area contributed by atoms with Crippen molar-refractivity contribution in [3.05, 3.63) is 0 Å². The first-order valence-electron chi connectivity index (χ1n) is 19.3. The number of ether oxygens (including phenoxy) is 1. The van der Waals surface area contributed by atoms with E-state index in [9.17, 15) is 29.1 Å². The van der Waals surface area contributed by atoms with E-state index in [1.807, 2.05) is 0 Å². The molecule has 0 N–H and O–H groups in total. The Balaban J connectivity index is 2.41. The summed E-state index contributed by atoms with van der Waals surface area (Å²) in [4.78, 5) is 61.9. The number of barbiturate groups is 1. The van der Waals surface area contributed by atoms with Crippen LogP contribution in [0.25, 0.3) is 0 Å². The zero-order valence-corrected chi connectivity index (χ0v) is 30.0. The highest BCUT2D eigenvalue weighted by Crippen LogP contribution is 2.19. The average molecular weight is 664 g/mol. The number of aliphatic carboxylic acids is 1. The molecule has 0 spiro atoms. The van der Waals surface area contributed by atoms with Crippen molar-refractivity contribution >= 4 is 29.8 Å². The molecule has 0 aromatic heterocycles. The number of carboxylic acids is 1. The second kappa shape index (κ2) is 28.6. The number of amides is 4. The lowest BCUT2D eigenvalue weighted by atomic mass is 10.0. The van der Waals surface area contributed by atoms with Crippen LogP contribution in [0.1, 0.15) is 194 Å². The zero-order valence-electron chi connectivity index (χ0n) is 30.0. The van der Waals surface area contributed by atoms with Crippen LogP contribution in [0.2, 0.25) is 0 Å². The largest absolute Gasteiger partial charge is 0.548 e. The highest BCUT2D eigenvalue weighted by atomic mass is 16.5. The van der Waals surface area contributed by atoms with Crippen LogP contribution in [0.15, 0.2) is 0 Å². The van der Waals surface area contributed by atoms with Gasteiger partial charge in [-0.15, -0.1) is 0 Å². The van der Waals surface area contributed by atoms with Crippen LogP contribution in [-0.2, 0) is 23.9 Å². The number of carbonyl (C=O) groups excluding carboxylic acids is 5. The molecule has 4 amide bonds. The van der Waals surface area contributed by atoms with Crippen molar-refractivity contribution in [2.75, 3.05) is 13.1 Å². The van der Waals surface area contributed by atoms with E-state index in [1.54, 1.807) is 0 Å². The number of rotatable bonds is 32. The number of urea groups is 1. The van der Waals surface area contributed by atoms with Gasteiger partial charge in [0.15, 0.2) is 0 Å². The second-order valence-electron chi connectivity index (χ2n) is 13.6. The summed E-state index contributed by atoms with van der Waals surface area (Å²) in [5.74, 6) is -4.09. The molecular formula is C38H67N2O7-. The molecule has 1 aliphatic rings. The minimum atomic E-state index is -1.62. The summed E-state index contributed by atoms with van der Waals surface area (Å²) in [7, 11) is 0. The van der Waals surface area contributed by atoms with Gasteiger partial charge in [-0.2, -0.15) is 0 Å². The molecule has 0 radical (unpaired) electrons. The van der Waals surface area contributed by atoms with Crippen LogP contribution in [0.5, 0.6) is 0 Å². The molecule has 47 heavy (non-hydrogen) atoms. The maximum atomic E-state index is 12.9. The van der Waals surface area contributed by atoms with Crippen LogP contribution in [0.3, 0.4) is 0 Å². The lowest BCUT2D eigenvalue weighted by Crippen LogP contribution is -2.58. The number of unbranched alkanes of at least 4 members (excludes halogenated alkanes) is 23. The molecule has 9 heteroatoms. The van der Waals surface area contributed by atoms with Crippen molar-refractivity contribution in [1.29, 1.82) is 0 Å². The van der Waals surface area contributed by atoms with Gasteiger partial charge in [-0.05, 0) is 25.7 Å². The van der Waals surface area contributed by atoms with E-state index in [-0.39, 0.29) is 6.10 Å². The molecule has 0 aromatic carbocycles. The molecular weight excluding hydrogens is 596 g/mol. The Morgan fingerprint density at radius 1 is 0.553 bits per heavy atom. The van der Waals surface area contributed by atoms with Gasteiger partial charge in [0.25, 0.3) is 0 Å². The molecule has 1 rings (SSSR count). The van der Waals surface area contributed by atoms with Crippen molar-refractivity contribution < 1.29 is 33.8 Å². The van der Waals surface area contributed by atoms with E-state index < -0.39 is 49.3 Å². The van der Waals surface area contributed by atoms with Gasteiger partial charge in [0.1, 0.15) is 19.1 Å². The first kappa shape index (κ1) is 42.6. The molecule has 0 aliphatic carbocycles. The van der Waals surface area contributed by atoms with Gasteiger partial charge in [0.05, 0.1) is 12.5 Å². The van der Waals surface area contributed by atoms with Crippen molar-refractivity contribution in [3.8, 4) is 0 Å². The fraction of sp³-hybridized carbons (Fsp3) is 0.868. The SMILES string of the molecule is CCCCCCCCCCCCCCCCCC(CCCCCCCCCCCC)OC(=O)CN1C(=O)CC(=O)N(CC(=O)[O-])C1=O. The normalized spacial score (nSPS) is 14.2. The Bertz CT molecular complexity index is 878. The van der Waals surface area contributed by atoms with Gasteiger partial charge >= 0.3 is 12.0 Å². The van der Waals surface area contributed by atoms with E-state index in [0.29, 0.717) is 9.80 Å². The van der Waals surface area contributed by atoms with Crippen LogP contribution in [0, 0.1) is 0 Å². The number of carboxylic acid groups (broad SMARTS) is 1. The Hall–Kier alpha value is -2.45. The van der Waals surface area contributed by atoms with Crippen LogP contribution in [0.4, 0.5) is 4.79 Å². The molecule has 0 saturated carbocycles. The lowest BCUT2D eigenvalue weighted by Gasteiger charge is -2.32. The maximum absolute atomic E-state index is 12.9. The fourth-order valence-corrected chi connectivity index (χ4v) is 6.34. The summed E-state index contributed by atoms with van der Waals surface area (Å²) in [6, 6.07) is -1.12. The van der Waals surface area contributed by atoms with Gasteiger partial charge in [-0.1, -0.05) is 162 Å². The van der Waals surface area contributed by atoms with E-state index in [2.05, 4.69) is 13.8 Å². The van der Waals surface area contributed by atoms with Crippen molar-refractivity contribution in [2.24, 2.45) is 0 Å². The van der Waals surface area contributed by atoms with Crippen molar-refractivity contribution in [3.63, 3.8) is 0 Å². The van der Waals surface area contributed by atoms with Crippen molar-refractivity contribution in [2.45, 2.75) is 200 Å². The standard InChI is InChI=1S/C38H68N2O7/c1-3-5-7-9-11-13-15-16-17-18-19-21-23-25-27-29-33(28-26-24-22-20-14-12-10-8-6-4-2)47-37(45)32-40-35(42)30-34(41)39(38(40)46)31-36(43)44/h33H,3-32H2,1-2H3,(H,43,44)/p-1. The Morgan fingerprint density at radius 2 is 0.872 bits per heavy atom. The van der Waals surface area contributed by atoms with E-state index in [4.69, 9.17) is 4.74 Å².